The minimum absolute atomic E-state index is 0.0715. The van der Waals surface area contributed by atoms with Crippen LogP contribution in [-0.2, 0) is 33.8 Å². The standard InChI is InChI=1S/C18H23N5O2.C2HF3O2/c1-25-12-14-10-22(17(24)8-15-4-2-3-7-19-15)11-16-18(14)23(21-20-16)9-13-5-6-13;3-2(4,5)1(6)7/h2-4,7,13-14H,5-6,8-12H2,1H3;(H,6,7). The van der Waals surface area contributed by atoms with Gasteiger partial charge < -0.3 is 14.7 Å². The second-order valence-corrected chi connectivity index (χ2v) is 7.77. The summed E-state index contributed by atoms with van der Waals surface area (Å²) in [7, 11) is 1.70. The van der Waals surface area contributed by atoms with E-state index in [4.69, 9.17) is 14.6 Å². The number of carboxylic acid groups (broad SMARTS) is 1. The first-order valence-corrected chi connectivity index (χ1v) is 10.1. The molecule has 0 saturated heterocycles. The topological polar surface area (TPSA) is 110 Å². The number of carbonyl (C=O) groups excluding carboxylic acids is 1. The summed E-state index contributed by atoms with van der Waals surface area (Å²) in [6.45, 7) is 2.67. The molecule has 2 aromatic rings. The highest BCUT2D eigenvalue weighted by Crippen LogP contribution is 2.33. The predicted octanol–water partition coefficient (Wildman–Crippen LogP) is 2.03. The van der Waals surface area contributed by atoms with Crippen molar-refractivity contribution in [1.82, 2.24) is 24.9 Å². The molecule has 1 amide bonds. The number of carbonyl (C=O) groups is 2. The molecule has 3 heterocycles. The van der Waals surface area contributed by atoms with Crippen LogP contribution in [0.1, 0.15) is 35.8 Å². The zero-order valence-corrected chi connectivity index (χ0v) is 17.5. The fourth-order valence-corrected chi connectivity index (χ4v) is 3.49. The molecule has 9 nitrogen and oxygen atoms in total. The maximum Gasteiger partial charge on any atom is 0.490 e. The van der Waals surface area contributed by atoms with Crippen molar-refractivity contribution in [3.8, 4) is 0 Å². The summed E-state index contributed by atoms with van der Waals surface area (Å²) in [4.78, 5) is 27.7. The van der Waals surface area contributed by atoms with E-state index in [1.807, 2.05) is 27.8 Å². The van der Waals surface area contributed by atoms with Crippen molar-refractivity contribution in [3.05, 3.63) is 41.5 Å². The minimum Gasteiger partial charge on any atom is -0.475 e. The zero-order chi connectivity index (χ0) is 23.3. The number of fused-ring (bicyclic) bond motifs is 1. The van der Waals surface area contributed by atoms with E-state index in [0.29, 0.717) is 26.1 Å². The van der Waals surface area contributed by atoms with Crippen molar-refractivity contribution in [1.29, 1.82) is 0 Å². The third-order valence-electron chi connectivity index (χ3n) is 5.16. The molecule has 4 rings (SSSR count). The number of ether oxygens (including phenoxy) is 1. The number of methoxy groups -OCH3 is 1. The molecule has 1 saturated carbocycles. The summed E-state index contributed by atoms with van der Waals surface area (Å²) in [6.07, 6.45) is -0.503. The predicted molar refractivity (Wildman–Crippen MR) is 104 cm³/mol. The lowest BCUT2D eigenvalue weighted by molar-refractivity contribution is -0.192. The van der Waals surface area contributed by atoms with Gasteiger partial charge in [0.25, 0.3) is 0 Å². The first-order valence-electron chi connectivity index (χ1n) is 10.1. The van der Waals surface area contributed by atoms with Crippen molar-refractivity contribution >= 4 is 11.9 Å². The molecule has 0 bridgehead atoms. The lowest BCUT2D eigenvalue weighted by Gasteiger charge is -2.32. The fourth-order valence-electron chi connectivity index (χ4n) is 3.49. The number of aliphatic carboxylic acids is 1. The van der Waals surface area contributed by atoms with Gasteiger partial charge in [-0.3, -0.25) is 9.78 Å². The Balaban J connectivity index is 0.000000360. The molecule has 1 unspecified atom stereocenters. The Bertz CT molecular complexity index is 931. The van der Waals surface area contributed by atoms with E-state index in [2.05, 4.69) is 15.3 Å². The van der Waals surface area contributed by atoms with E-state index in [-0.39, 0.29) is 11.8 Å². The van der Waals surface area contributed by atoms with Gasteiger partial charge in [0.15, 0.2) is 0 Å². The third kappa shape index (κ3) is 6.25. The van der Waals surface area contributed by atoms with Crippen molar-refractivity contribution in [3.63, 3.8) is 0 Å². The Labute approximate surface area is 182 Å². The molecular weight excluding hydrogens is 431 g/mol. The van der Waals surface area contributed by atoms with Gasteiger partial charge in [0, 0.05) is 38.0 Å². The van der Waals surface area contributed by atoms with Crippen LogP contribution >= 0.6 is 0 Å². The van der Waals surface area contributed by atoms with Crippen LogP contribution < -0.4 is 0 Å². The number of hydrogen-bond acceptors (Lipinski definition) is 6. The molecular formula is C20H24F3N5O4. The molecule has 0 spiro atoms. The van der Waals surface area contributed by atoms with Gasteiger partial charge in [-0.15, -0.1) is 5.10 Å². The second kappa shape index (κ2) is 10.1. The van der Waals surface area contributed by atoms with Gasteiger partial charge in [-0.2, -0.15) is 13.2 Å². The Morgan fingerprint density at radius 1 is 1.28 bits per heavy atom. The van der Waals surface area contributed by atoms with Gasteiger partial charge in [0.05, 0.1) is 25.3 Å². The van der Waals surface area contributed by atoms with Crippen LogP contribution in [0.5, 0.6) is 0 Å². The van der Waals surface area contributed by atoms with E-state index in [0.717, 1.165) is 29.5 Å². The number of amides is 1. The molecule has 0 radical (unpaired) electrons. The molecule has 1 N–H and O–H groups in total. The van der Waals surface area contributed by atoms with Crippen molar-refractivity contribution in [2.24, 2.45) is 5.92 Å². The Hall–Kier alpha value is -3.02. The largest absolute Gasteiger partial charge is 0.490 e. The minimum atomic E-state index is -5.08. The van der Waals surface area contributed by atoms with Gasteiger partial charge in [0.1, 0.15) is 5.69 Å². The summed E-state index contributed by atoms with van der Waals surface area (Å²) in [5.74, 6) is -1.83. The molecule has 174 valence electrons. The van der Waals surface area contributed by atoms with Crippen LogP contribution in [0.2, 0.25) is 0 Å². The Morgan fingerprint density at radius 2 is 2.00 bits per heavy atom. The highest BCUT2D eigenvalue weighted by atomic mass is 19.4. The first-order chi connectivity index (χ1) is 15.2. The number of nitrogens with zero attached hydrogens (tertiary/aromatic N) is 5. The van der Waals surface area contributed by atoms with Gasteiger partial charge in [-0.1, -0.05) is 11.3 Å². The molecule has 1 aliphatic heterocycles. The number of rotatable bonds is 6. The van der Waals surface area contributed by atoms with Gasteiger partial charge in [-0.05, 0) is 30.9 Å². The lowest BCUT2D eigenvalue weighted by Crippen LogP contribution is -2.41. The fraction of sp³-hybridized carbons (Fsp3) is 0.550. The maximum absolute atomic E-state index is 12.7. The molecule has 0 aromatic carbocycles. The number of aromatic nitrogens is 4. The van der Waals surface area contributed by atoms with E-state index in [9.17, 15) is 18.0 Å². The highest BCUT2D eigenvalue weighted by Gasteiger charge is 2.38. The normalized spacial score (nSPS) is 17.9. The zero-order valence-electron chi connectivity index (χ0n) is 17.5. The monoisotopic (exact) mass is 455 g/mol. The molecule has 12 heteroatoms. The van der Waals surface area contributed by atoms with E-state index >= 15 is 0 Å². The summed E-state index contributed by atoms with van der Waals surface area (Å²) < 4.78 is 39.2. The van der Waals surface area contributed by atoms with E-state index < -0.39 is 12.1 Å². The smallest absolute Gasteiger partial charge is 0.475 e. The van der Waals surface area contributed by atoms with Crippen LogP contribution in [0.25, 0.3) is 0 Å². The van der Waals surface area contributed by atoms with E-state index in [1.165, 1.54) is 12.8 Å². The lowest BCUT2D eigenvalue weighted by atomic mass is 9.98. The summed E-state index contributed by atoms with van der Waals surface area (Å²) >= 11 is 0. The Morgan fingerprint density at radius 3 is 2.56 bits per heavy atom. The molecule has 32 heavy (non-hydrogen) atoms. The summed E-state index contributed by atoms with van der Waals surface area (Å²) in [5, 5.41) is 15.8. The van der Waals surface area contributed by atoms with Crippen LogP contribution in [0.3, 0.4) is 0 Å². The number of alkyl halides is 3. The van der Waals surface area contributed by atoms with Gasteiger partial charge in [0.2, 0.25) is 5.91 Å². The third-order valence-corrected chi connectivity index (χ3v) is 5.16. The van der Waals surface area contributed by atoms with E-state index in [1.54, 1.807) is 13.3 Å². The SMILES string of the molecule is COCC1CN(C(=O)Cc2ccccn2)Cc2nnn(CC3CC3)c21.O=C(O)C(F)(F)F. The quantitative estimate of drug-likeness (QED) is 0.710. The van der Waals surface area contributed by atoms with Gasteiger partial charge in [-0.25, -0.2) is 9.48 Å². The van der Waals surface area contributed by atoms with Crippen LogP contribution in [0.4, 0.5) is 13.2 Å². The van der Waals surface area contributed by atoms with Gasteiger partial charge >= 0.3 is 12.1 Å². The average Bonchev–Trinajstić information content (AvgIpc) is 3.47. The maximum atomic E-state index is 12.7. The molecule has 1 fully saturated rings. The molecule has 1 atom stereocenters. The summed E-state index contributed by atoms with van der Waals surface area (Å²) in [5.41, 5.74) is 2.85. The van der Waals surface area contributed by atoms with Crippen LogP contribution in [0, 0.1) is 5.92 Å². The van der Waals surface area contributed by atoms with Crippen LogP contribution in [0.15, 0.2) is 24.4 Å². The number of halogens is 3. The Kier molecular flexibility index (Phi) is 7.44. The number of pyridine rings is 1. The van der Waals surface area contributed by atoms with Crippen molar-refractivity contribution < 1.29 is 32.6 Å². The second-order valence-electron chi connectivity index (χ2n) is 7.77. The average molecular weight is 455 g/mol. The molecule has 1 aliphatic carbocycles. The highest BCUT2D eigenvalue weighted by molar-refractivity contribution is 5.78. The van der Waals surface area contributed by atoms with Crippen molar-refractivity contribution in [2.75, 3.05) is 20.3 Å². The number of carboxylic acids is 1. The number of hydrogen-bond donors (Lipinski definition) is 1. The molecule has 2 aromatic heterocycles. The molecule has 2 aliphatic rings. The summed E-state index contributed by atoms with van der Waals surface area (Å²) in [6, 6.07) is 5.64. The first kappa shape index (κ1) is 23.6. The van der Waals surface area contributed by atoms with Crippen molar-refractivity contribution in [2.45, 2.75) is 44.4 Å². The van der Waals surface area contributed by atoms with Crippen LogP contribution in [-0.4, -0.2) is 68.3 Å².